The molecule has 0 bridgehead atoms. The maximum Gasteiger partial charge on any atom is 0.340 e. The monoisotopic (exact) mass is 479 g/mol. The number of alkyl halides is 4. The van der Waals surface area contributed by atoms with E-state index in [1.165, 1.54) is 19.2 Å². The number of ether oxygens (including phenoxy) is 1. The summed E-state index contributed by atoms with van der Waals surface area (Å²) in [6, 6.07) is 4.13. The molecule has 0 saturated carbocycles. The second-order valence-electron chi connectivity index (χ2n) is 6.16. The quantitative estimate of drug-likeness (QED) is 0.359. The number of carbonyl (C=O) groups excluding carboxylic acids is 2. The van der Waals surface area contributed by atoms with E-state index in [0.29, 0.717) is 4.68 Å². The van der Waals surface area contributed by atoms with Gasteiger partial charge in [0.25, 0.3) is 18.8 Å². The first-order valence-electron chi connectivity index (χ1n) is 8.53. The van der Waals surface area contributed by atoms with Gasteiger partial charge >= 0.3 is 5.97 Å². The van der Waals surface area contributed by atoms with Gasteiger partial charge in [0.15, 0.2) is 5.76 Å². The fraction of sp³-hybridized carbons (Fsp3) is 0.278. The topological polar surface area (TPSA) is 86.4 Å². The van der Waals surface area contributed by atoms with Gasteiger partial charge in [-0.25, -0.2) is 22.4 Å². The SMILES string of the molecule is COC(=O)c1cc(C)sc1NC(=O)c1ccc(Cn2nc(C(F)F)c(Cl)c2C(F)F)o1. The van der Waals surface area contributed by atoms with E-state index in [2.05, 4.69) is 15.2 Å². The number of halogens is 5. The molecule has 3 heterocycles. The van der Waals surface area contributed by atoms with Crippen molar-refractivity contribution in [1.82, 2.24) is 9.78 Å². The number of amides is 1. The Bertz CT molecular complexity index is 1130. The smallest absolute Gasteiger partial charge is 0.340 e. The van der Waals surface area contributed by atoms with E-state index in [1.807, 2.05) is 0 Å². The van der Waals surface area contributed by atoms with Crippen molar-refractivity contribution in [3.8, 4) is 0 Å². The molecule has 0 unspecified atom stereocenters. The lowest BCUT2D eigenvalue weighted by molar-refractivity contribution is 0.0602. The highest BCUT2D eigenvalue weighted by Gasteiger charge is 2.28. The highest BCUT2D eigenvalue weighted by Crippen LogP contribution is 2.35. The fourth-order valence-corrected chi connectivity index (χ4v) is 3.90. The second kappa shape index (κ2) is 9.10. The van der Waals surface area contributed by atoms with Crippen molar-refractivity contribution in [3.05, 3.63) is 56.6 Å². The number of nitrogens with one attached hydrogen (secondary N) is 1. The Morgan fingerprint density at radius 1 is 1.29 bits per heavy atom. The highest BCUT2D eigenvalue weighted by atomic mass is 35.5. The molecule has 31 heavy (non-hydrogen) atoms. The lowest BCUT2D eigenvalue weighted by atomic mass is 10.3. The van der Waals surface area contributed by atoms with E-state index in [-0.39, 0.29) is 22.1 Å². The van der Waals surface area contributed by atoms with E-state index in [4.69, 9.17) is 16.0 Å². The molecule has 3 rings (SSSR count). The van der Waals surface area contributed by atoms with Crippen molar-refractivity contribution < 1.29 is 36.3 Å². The minimum Gasteiger partial charge on any atom is -0.465 e. The summed E-state index contributed by atoms with van der Waals surface area (Å²) in [5, 5.41) is 5.38. The maximum absolute atomic E-state index is 13.3. The molecule has 1 amide bonds. The van der Waals surface area contributed by atoms with Crippen LogP contribution in [0.25, 0.3) is 0 Å². The molecule has 0 atom stereocenters. The Kier molecular flexibility index (Phi) is 6.70. The summed E-state index contributed by atoms with van der Waals surface area (Å²) < 4.78 is 63.0. The third-order valence-corrected chi connectivity index (χ3v) is 5.40. The normalized spacial score (nSPS) is 11.4. The van der Waals surface area contributed by atoms with Crippen LogP contribution in [0.5, 0.6) is 0 Å². The Morgan fingerprint density at radius 2 is 2.00 bits per heavy atom. The number of carbonyl (C=O) groups is 2. The van der Waals surface area contributed by atoms with Gasteiger partial charge in [0.05, 0.1) is 24.2 Å². The van der Waals surface area contributed by atoms with Crippen LogP contribution in [-0.2, 0) is 11.3 Å². The summed E-state index contributed by atoms with van der Waals surface area (Å²) in [4.78, 5) is 25.0. The fourth-order valence-electron chi connectivity index (χ4n) is 2.71. The van der Waals surface area contributed by atoms with Gasteiger partial charge in [-0.15, -0.1) is 11.3 Å². The van der Waals surface area contributed by atoms with Gasteiger partial charge in [-0.2, -0.15) is 5.10 Å². The van der Waals surface area contributed by atoms with Crippen LogP contribution in [0.3, 0.4) is 0 Å². The molecule has 1 N–H and O–H groups in total. The van der Waals surface area contributed by atoms with Crippen LogP contribution in [0.2, 0.25) is 5.02 Å². The number of esters is 1. The molecular weight excluding hydrogens is 466 g/mol. The van der Waals surface area contributed by atoms with Crippen molar-refractivity contribution in [2.45, 2.75) is 26.3 Å². The standard InChI is InChI=1S/C18H14ClF4N3O4S/c1-7-5-9(18(28)29-2)17(31-7)24-16(27)10-4-3-8(30-10)6-26-13(15(22)23)11(19)12(25-26)14(20)21/h3-5,14-15H,6H2,1-2H3,(H,24,27). The molecule has 166 valence electrons. The number of furan rings is 1. The molecule has 7 nitrogen and oxygen atoms in total. The van der Waals surface area contributed by atoms with Crippen molar-refractivity contribution in [3.63, 3.8) is 0 Å². The number of hydrogen-bond acceptors (Lipinski definition) is 6. The van der Waals surface area contributed by atoms with Crippen LogP contribution < -0.4 is 5.32 Å². The van der Waals surface area contributed by atoms with E-state index in [1.54, 1.807) is 13.0 Å². The Morgan fingerprint density at radius 3 is 2.61 bits per heavy atom. The minimum atomic E-state index is -3.15. The van der Waals surface area contributed by atoms with Gasteiger partial charge in [-0.1, -0.05) is 11.6 Å². The predicted molar refractivity (Wildman–Crippen MR) is 103 cm³/mol. The average molecular weight is 480 g/mol. The molecule has 0 aromatic carbocycles. The van der Waals surface area contributed by atoms with Crippen LogP contribution in [0.4, 0.5) is 22.6 Å². The zero-order chi connectivity index (χ0) is 22.9. The van der Waals surface area contributed by atoms with E-state index in [9.17, 15) is 27.2 Å². The summed E-state index contributed by atoms with van der Waals surface area (Å²) in [5.74, 6) is -1.53. The van der Waals surface area contributed by atoms with E-state index < -0.39 is 47.7 Å². The highest BCUT2D eigenvalue weighted by molar-refractivity contribution is 7.16. The number of nitrogens with zero attached hydrogens (tertiary/aromatic N) is 2. The number of aromatic nitrogens is 2. The van der Waals surface area contributed by atoms with Crippen LogP contribution in [0.15, 0.2) is 22.6 Å². The van der Waals surface area contributed by atoms with Gasteiger partial charge in [-0.05, 0) is 25.1 Å². The van der Waals surface area contributed by atoms with Crippen molar-refractivity contribution in [2.75, 3.05) is 12.4 Å². The molecule has 0 aliphatic carbocycles. The zero-order valence-corrected chi connectivity index (χ0v) is 17.5. The van der Waals surface area contributed by atoms with Gasteiger partial charge in [-0.3, -0.25) is 9.48 Å². The van der Waals surface area contributed by atoms with E-state index >= 15 is 0 Å². The van der Waals surface area contributed by atoms with Crippen LogP contribution in [-0.4, -0.2) is 28.8 Å². The minimum absolute atomic E-state index is 0.00239. The summed E-state index contributed by atoms with van der Waals surface area (Å²) in [7, 11) is 1.20. The van der Waals surface area contributed by atoms with Crippen molar-refractivity contribution >= 4 is 39.8 Å². The zero-order valence-electron chi connectivity index (χ0n) is 15.9. The molecule has 3 aromatic rings. The molecule has 0 spiro atoms. The third kappa shape index (κ3) is 4.74. The molecule has 0 aliphatic rings. The third-order valence-electron chi connectivity index (χ3n) is 4.05. The Labute approximate surface area is 181 Å². The largest absolute Gasteiger partial charge is 0.465 e. The first-order chi connectivity index (χ1) is 14.6. The number of thiophene rings is 1. The maximum atomic E-state index is 13.3. The summed E-state index contributed by atoms with van der Waals surface area (Å²) >= 11 is 6.76. The summed E-state index contributed by atoms with van der Waals surface area (Å²) in [6.07, 6.45) is -6.29. The Balaban J connectivity index is 1.81. The van der Waals surface area contributed by atoms with Crippen molar-refractivity contribution in [1.29, 1.82) is 0 Å². The number of methoxy groups -OCH3 is 1. The molecule has 0 fully saturated rings. The van der Waals surface area contributed by atoms with Crippen LogP contribution >= 0.6 is 22.9 Å². The molecule has 0 saturated heterocycles. The molecular formula is C18H14ClF4N3O4S. The molecule has 13 heteroatoms. The number of aryl methyl sites for hydroxylation is 1. The van der Waals surface area contributed by atoms with Gasteiger partial charge < -0.3 is 14.5 Å². The predicted octanol–water partition coefficient (Wildman–Crippen LogP) is 5.46. The molecule has 0 radical (unpaired) electrons. The average Bonchev–Trinajstić information content (AvgIpc) is 3.39. The van der Waals surface area contributed by atoms with Crippen molar-refractivity contribution in [2.24, 2.45) is 0 Å². The second-order valence-corrected chi connectivity index (χ2v) is 7.79. The Hall–Kier alpha value is -2.86. The summed E-state index contributed by atoms with van der Waals surface area (Å²) in [5.41, 5.74) is -1.68. The van der Waals surface area contributed by atoms with Gasteiger partial charge in [0.2, 0.25) is 0 Å². The lowest BCUT2D eigenvalue weighted by Crippen LogP contribution is -2.13. The molecule has 0 aliphatic heterocycles. The first-order valence-corrected chi connectivity index (χ1v) is 9.73. The van der Waals surface area contributed by atoms with Crippen LogP contribution in [0, 0.1) is 6.92 Å². The van der Waals surface area contributed by atoms with E-state index in [0.717, 1.165) is 16.2 Å². The summed E-state index contributed by atoms with van der Waals surface area (Å²) in [6.45, 7) is 1.28. The van der Waals surface area contributed by atoms with Gasteiger partial charge in [0, 0.05) is 4.88 Å². The number of anilines is 1. The van der Waals surface area contributed by atoms with Crippen LogP contribution in [0.1, 0.15) is 55.8 Å². The number of hydrogen-bond donors (Lipinski definition) is 1. The number of rotatable bonds is 7. The molecule has 3 aromatic heterocycles. The first kappa shape index (κ1) is 22.8. The lowest BCUT2D eigenvalue weighted by Gasteiger charge is -2.05. The van der Waals surface area contributed by atoms with Gasteiger partial charge in [0.1, 0.15) is 22.1 Å².